The monoisotopic (exact) mass is 338 g/mol. The van der Waals surface area contributed by atoms with E-state index in [1.54, 1.807) is 7.11 Å². The molecule has 0 N–H and O–H groups in total. The number of carbonyl (C=O) groups is 1. The smallest absolute Gasteiger partial charge is 0.184 e. The van der Waals surface area contributed by atoms with Crippen LogP contribution in [-0.4, -0.2) is 32.7 Å². The van der Waals surface area contributed by atoms with Gasteiger partial charge in [-0.15, -0.1) is 11.6 Å². The Balaban J connectivity index is 2.19. The number of rotatable bonds is 4. The molecule has 5 heteroatoms. The fourth-order valence-electron chi connectivity index (χ4n) is 2.60. The highest BCUT2D eigenvalue weighted by molar-refractivity contribution is 6.69. The molecule has 0 saturated heterocycles. The summed E-state index contributed by atoms with van der Waals surface area (Å²) in [5.41, 5.74) is 1.65. The second kappa shape index (κ2) is 6.98. The molecule has 2 atom stereocenters. The number of benzene rings is 1. The predicted octanol–water partition coefficient (Wildman–Crippen LogP) is 4.27. The highest BCUT2D eigenvalue weighted by atomic mass is 35.5. The zero-order valence-electron chi connectivity index (χ0n) is 13.6. The number of ether oxygens (including phenoxy) is 1. The first kappa shape index (κ1) is 17.3. The lowest BCUT2D eigenvalue weighted by molar-refractivity contribution is -0.118. The zero-order valence-corrected chi connectivity index (χ0v) is 15.3. The molecule has 3 nitrogen and oxygen atoms in total. The summed E-state index contributed by atoms with van der Waals surface area (Å²) in [6.07, 6.45) is 3.19. The van der Waals surface area contributed by atoms with E-state index in [0.29, 0.717) is 6.42 Å². The van der Waals surface area contributed by atoms with Gasteiger partial charge in [0.05, 0.1) is 13.2 Å². The molecule has 1 aliphatic carbocycles. The Kier molecular flexibility index (Phi) is 5.48. The van der Waals surface area contributed by atoms with Crippen LogP contribution < -0.4 is 4.74 Å². The van der Waals surface area contributed by atoms with Gasteiger partial charge in [-0.1, -0.05) is 18.2 Å². The number of methoxy groups -OCH3 is 1. The van der Waals surface area contributed by atoms with Crippen LogP contribution in [0.4, 0.5) is 0 Å². The standard InChI is InChI=1S/C17H23ClO3Si/c1-20-14-8-6-5-7-12(14)11-13-9-10-15(16(18)17(13)19)21-22(2,3)4/h5-8,11,15-16H,9-10H2,1-4H3. The zero-order chi connectivity index (χ0) is 16.3. The molecule has 1 aromatic carbocycles. The summed E-state index contributed by atoms with van der Waals surface area (Å²) in [6, 6.07) is 7.66. The largest absolute Gasteiger partial charge is 0.496 e. The van der Waals surface area contributed by atoms with Crippen molar-refractivity contribution < 1.29 is 14.0 Å². The molecule has 1 aliphatic rings. The number of Topliss-reactive ketones (excluding diaryl/α,β-unsaturated/α-hetero) is 1. The third-order valence-electron chi connectivity index (χ3n) is 3.57. The lowest BCUT2D eigenvalue weighted by Crippen LogP contribution is -2.43. The minimum absolute atomic E-state index is 0.0259. The Hall–Kier alpha value is -1.10. The van der Waals surface area contributed by atoms with Crippen molar-refractivity contribution in [3.05, 3.63) is 35.4 Å². The Bertz CT molecular complexity index is 578. The first-order chi connectivity index (χ1) is 10.3. The molecule has 1 aromatic rings. The van der Waals surface area contributed by atoms with Crippen molar-refractivity contribution in [1.82, 2.24) is 0 Å². The number of ketones is 1. The highest BCUT2D eigenvalue weighted by Crippen LogP contribution is 2.31. The third-order valence-corrected chi connectivity index (χ3v) is 5.05. The van der Waals surface area contributed by atoms with Gasteiger partial charge in [0.25, 0.3) is 0 Å². The number of allylic oxidation sites excluding steroid dienone is 1. The van der Waals surface area contributed by atoms with Crippen molar-refractivity contribution in [1.29, 1.82) is 0 Å². The minimum atomic E-state index is -1.70. The molecule has 120 valence electrons. The van der Waals surface area contributed by atoms with Crippen LogP contribution in [0.2, 0.25) is 19.6 Å². The average Bonchev–Trinajstić information content (AvgIpc) is 2.46. The van der Waals surface area contributed by atoms with Crippen molar-refractivity contribution in [3.8, 4) is 5.75 Å². The van der Waals surface area contributed by atoms with Gasteiger partial charge in [-0.25, -0.2) is 0 Å². The van der Waals surface area contributed by atoms with Crippen LogP contribution in [0.3, 0.4) is 0 Å². The second-order valence-electron chi connectivity index (χ2n) is 6.48. The van der Waals surface area contributed by atoms with Gasteiger partial charge in [0.1, 0.15) is 11.1 Å². The van der Waals surface area contributed by atoms with Crippen molar-refractivity contribution >= 4 is 31.8 Å². The van der Waals surface area contributed by atoms with E-state index in [0.717, 1.165) is 23.3 Å². The summed E-state index contributed by atoms with van der Waals surface area (Å²) < 4.78 is 11.4. The van der Waals surface area contributed by atoms with Gasteiger partial charge < -0.3 is 9.16 Å². The van der Waals surface area contributed by atoms with Crippen LogP contribution in [0, 0.1) is 0 Å². The summed E-state index contributed by atoms with van der Waals surface area (Å²) in [4.78, 5) is 12.5. The summed E-state index contributed by atoms with van der Waals surface area (Å²) in [7, 11) is -0.0758. The van der Waals surface area contributed by atoms with E-state index in [9.17, 15) is 4.79 Å². The van der Waals surface area contributed by atoms with E-state index in [2.05, 4.69) is 19.6 Å². The molecule has 1 saturated carbocycles. The Labute approximate surface area is 138 Å². The van der Waals surface area contributed by atoms with Crippen LogP contribution in [0.5, 0.6) is 5.75 Å². The Morgan fingerprint density at radius 1 is 1.27 bits per heavy atom. The lowest BCUT2D eigenvalue weighted by Gasteiger charge is -2.33. The highest BCUT2D eigenvalue weighted by Gasteiger charge is 2.36. The molecule has 0 heterocycles. The van der Waals surface area contributed by atoms with Gasteiger partial charge >= 0.3 is 0 Å². The van der Waals surface area contributed by atoms with E-state index >= 15 is 0 Å². The van der Waals surface area contributed by atoms with Crippen LogP contribution in [0.15, 0.2) is 29.8 Å². The Morgan fingerprint density at radius 3 is 2.59 bits per heavy atom. The second-order valence-corrected chi connectivity index (χ2v) is 11.4. The maximum atomic E-state index is 12.5. The van der Waals surface area contributed by atoms with Crippen LogP contribution in [0.1, 0.15) is 18.4 Å². The molecular formula is C17H23ClO3Si. The SMILES string of the molecule is COc1ccccc1C=C1CCC(O[Si](C)(C)C)C(Cl)C1=O. The lowest BCUT2D eigenvalue weighted by atomic mass is 9.89. The number of para-hydroxylation sites is 1. The van der Waals surface area contributed by atoms with Gasteiger partial charge in [0.15, 0.2) is 14.1 Å². The molecule has 2 rings (SSSR count). The molecule has 0 radical (unpaired) electrons. The number of halogens is 1. The van der Waals surface area contributed by atoms with Gasteiger partial charge in [0, 0.05) is 5.56 Å². The molecule has 22 heavy (non-hydrogen) atoms. The minimum Gasteiger partial charge on any atom is -0.496 e. The molecule has 0 amide bonds. The molecule has 0 aromatic heterocycles. The normalized spacial score (nSPS) is 24.6. The Morgan fingerprint density at radius 2 is 1.95 bits per heavy atom. The van der Waals surface area contributed by atoms with E-state index < -0.39 is 13.7 Å². The predicted molar refractivity (Wildman–Crippen MR) is 93.1 cm³/mol. The topological polar surface area (TPSA) is 35.5 Å². The van der Waals surface area contributed by atoms with E-state index in [-0.39, 0.29) is 11.9 Å². The number of hydrogen-bond acceptors (Lipinski definition) is 3. The molecule has 0 aliphatic heterocycles. The average molecular weight is 339 g/mol. The number of alkyl halides is 1. The van der Waals surface area contributed by atoms with Crippen molar-refractivity contribution in [2.75, 3.05) is 7.11 Å². The van der Waals surface area contributed by atoms with Crippen molar-refractivity contribution in [2.45, 2.75) is 44.0 Å². The molecule has 0 bridgehead atoms. The number of carbonyl (C=O) groups excluding carboxylic acids is 1. The first-order valence-electron chi connectivity index (χ1n) is 7.51. The van der Waals surface area contributed by atoms with Crippen molar-refractivity contribution in [2.24, 2.45) is 0 Å². The number of hydrogen-bond donors (Lipinski definition) is 0. The van der Waals surface area contributed by atoms with Gasteiger partial charge in [-0.05, 0) is 50.2 Å². The summed E-state index contributed by atoms with van der Waals surface area (Å²) >= 11 is 6.35. The van der Waals surface area contributed by atoms with Gasteiger partial charge in [-0.2, -0.15) is 0 Å². The van der Waals surface area contributed by atoms with Crippen LogP contribution in [0.25, 0.3) is 6.08 Å². The van der Waals surface area contributed by atoms with Crippen LogP contribution >= 0.6 is 11.6 Å². The fraction of sp³-hybridized carbons (Fsp3) is 0.471. The van der Waals surface area contributed by atoms with E-state index in [1.807, 2.05) is 30.3 Å². The third kappa shape index (κ3) is 4.21. The maximum absolute atomic E-state index is 12.5. The van der Waals surface area contributed by atoms with E-state index in [1.165, 1.54) is 0 Å². The fourth-order valence-corrected chi connectivity index (χ4v) is 4.17. The molecule has 0 spiro atoms. The van der Waals surface area contributed by atoms with Gasteiger partial charge in [-0.3, -0.25) is 4.79 Å². The molecule has 1 fully saturated rings. The summed E-state index contributed by atoms with van der Waals surface area (Å²) in [5, 5.41) is -0.596. The maximum Gasteiger partial charge on any atom is 0.184 e. The van der Waals surface area contributed by atoms with E-state index in [4.69, 9.17) is 20.8 Å². The quantitative estimate of drug-likeness (QED) is 0.467. The van der Waals surface area contributed by atoms with Crippen LogP contribution in [-0.2, 0) is 9.22 Å². The van der Waals surface area contributed by atoms with Crippen molar-refractivity contribution in [3.63, 3.8) is 0 Å². The summed E-state index contributed by atoms with van der Waals surface area (Å²) in [6.45, 7) is 6.34. The van der Waals surface area contributed by atoms with Gasteiger partial charge in [0.2, 0.25) is 0 Å². The first-order valence-corrected chi connectivity index (χ1v) is 11.4. The molecule has 2 unspecified atom stereocenters. The summed E-state index contributed by atoms with van der Waals surface area (Å²) in [5.74, 6) is 0.733. The molecular weight excluding hydrogens is 316 g/mol.